The van der Waals surface area contributed by atoms with Crippen LogP contribution in [-0.2, 0) is 13.0 Å². The first-order valence-corrected chi connectivity index (χ1v) is 11.5. The number of carbonyl (C=O) groups is 2. The highest BCUT2D eigenvalue weighted by atomic mass is 32.2. The molecular weight excluding hydrogens is 406 g/mol. The van der Waals surface area contributed by atoms with Gasteiger partial charge in [0.2, 0.25) is 0 Å². The van der Waals surface area contributed by atoms with Crippen molar-refractivity contribution in [1.82, 2.24) is 5.32 Å². The lowest BCUT2D eigenvalue weighted by Crippen LogP contribution is -2.35. The predicted molar refractivity (Wildman–Crippen MR) is 127 cm³/mol. The van der Waals surface area contributed by atoms with Crippen LogP contribution >= 0.6 is 11.8 Å². The largest absolute Gasteiger partial charge is 0.334 e. The molecule has 1 aliphatic heterocycles. The number of rotatable bonds is 5. The first-order valence-electron chi connectivity index (χ1n) is 10.2. The Hall–Kier alpha value is -3.25. The van der Waals surface area contributed by atoms with Gasteiger partial charge in [-0.1, -0.05) is 36.4 Å². The third-order valence-corrected chi connectivity index (χ3v) is 6.11. The molecule has 1 unspecified atom stereocenters. The highest BCUT2D eigenvalue weighted by Gasteiger charge is 2.31. The van der Waals surface area contributed by atoms with Gasteiger partial charge in [-0.15, -0.1) is 11.8 Å². The van der Waals surface area contributed by atoms with E-state index in [1.807, 2.05) is 77.9 Å². The van der Waals surface area contributed by atoms with Gasteiger partial charge in [-0.3, -0.25) is 4.79 Å². The van der Waals surface area contributed by atoms with Crippen molar-refractivity contribution in [2.24, 2.45) is 0 Å². The van der Waals surface area contributed by atoms with Crippen LogP contribution in [0.3, 0.4) is 0 Å². The van der Waals surface area contributed by atoms with Crippen molar-refractivity contribution < 1.29 is 9.59 Å². The molecule has 0 saturated carbocycles. The number of benzene rings is 3. The summed E-state index contributed by atoms with van der Waals surface area (Å²) >= 11 is 1.63. The lowest BCUT2D eigenvalue weighted by Gasteiger charge is -2.23. The van der Waals surface area contributed by atoms with Gasteiger partial charge in [0.1, 0.15) is 0 Å². The zero-order chi connectivity index (χ0) is 21.8. The monoisotopic (exact) mass is 431 g/mol. The molecule has 158 valence electrons. The molecule has 0 spiro atoms. The number of hydrogen-bond acceptors (Lipinski definition) is 3. The third-order valence-electron chi connectivity index (χ3n) is 5.39. The summed E-state index contributed by atoms with van der Waals surface area (Å²) in [6, 6.07) is 23.0. The lowest BCUT2D eigenvalue weighted by molar-refractivity contribution is 0.0981. The van der Waals surface area contributed by atoms with E-state index in [9.17, 15) is 9.59 Å². The number of fused-ring (bicyclic) bond motifs is 1. The summed E-state index contributed by atoms with van der Waals surface area (Å²) < 4.78 is 0. The van der Waals surface area contributed by atoms with Crippen LogP contribution in [0.5, 0.6) is 0 Å². The fourth-order valence-electron chi connectivity index (χ4n) is 3.85. The third kappa shape index (κ3) is 4.75. The van der Waals surface area contributed by atoms with Gasteiger partial charge >= 0.3 is 6.03 Å². The van der Waals surface area contributed by atoms with Crippen molar-refractivity contribution in [3.63, 3.8) is 0 Å². The maximum atomic E-state index is 13.1. The first-order chi connectivity index (χ1) is 15.0. The molecule has 0 radical (unpaired) electrons. The fourth-order valence-corrected chi connectivity index (χ4v) is 4.31. The summed E-state index contributed by atoms with van der Waals surface area (Å²) in [4.78, 5) is 28.4. The molecule has 31 heavy (non-hydrogen) atoms. The molecule has 5 nitrogen and oxygen atoms in total. The van der Waals surface area contributed by atoms with E-state index in [4.69, 9.17) is 0 Å². The van der Waals surface area contributed by atoms with E-state index in [2.05, 4.69) is 23.6 Å². The zero-order valence-electron chi connectivity index (χ0n) is 17.6. The van der Waals surface area contributed by atoms with Crippen molar-refractivity contribution in [1.29, 1.82) is 0 Å². The fraction of sp³-hybridized carbons (Fsp3) is 0.200. The molecule has 1 heterocycles. The number of nitrogens with one attached hydrogen (secondary N) is 2. The van der Waals surface area contributed by atoms with Crippen LogP contribution < -0.4 is 15.5 Å². The molecule has 2 N–H and O–H groups in total. The quantitative estimate of drug-likeness (QED) is 0.538. The summed E-state index contributed by atoms with van der Waals surface area (Å²) in [5.41, 5.74) is 4.46. The average Bonchev–Trinajstić information content (AvgIpc) is 3.12. The topological polar surface area (TPSA) is 61.4 Å². The molecule has 1 aliphatic rings. The number of anilines is 2. The zero-order valence-corrected chi connectivity index (χ0v) is 18.4. The van der Waals surface area contributed by atoms with Crippen LogP contribution in [0, 0.1) is 0 Å². The lowest BCUT2D eigenvalue weighted by atomic mass is 10.1. The van der Waals surface area contributed by atoms with Crippen LogP contribution in [0.25, 0.3) is 0 Å². The second-order valence-corrected chi connectivity index (χ2v) is 8.48. The normalized spacial score (nSPS) is 14.8. The molecule has 4 rings (SSSR count). The highest BCUT2D eigenvalue weighted by Crippen LogP contribution is 2.34. The Labute approximate surface area is 186 Å². The van der Waals surface area contributed by atoms with Gasteiger partial charge in [0.05, 0.1) is 0 Å². The Bertz CT molecular complexity index is 1100. The molecular formula is C25H25N3O2S. The Kier molecular flexibility index (Phi) is 6.28. The van der Waals surface area contributed by atoms with E-state index in [1.165, 1.54) is 0 Å². The Morgan fingerprint density at radius 3 is 2.61 bits per heavy atom. The number of urea groups is 1. The van der Waals surface area contributed by atoms with Crippen LogP contribution in [-0.4, -0.2) is 24.2 Å². The van der Waals surface area contributed by atoms with Gasteiger partial charge in [0.25, 0.3) is 5.91 Å². The molecule has 0 fully saturated rings. The number of amides is 3. The van der Waals surface area contributed by atoms with E-state index in [0.717, 1.165) is 33.8 Å². The standard InChI is InChI=1S/C25H25N3O2S/c1-17-13-20-12-11-18(14-23(20)28(17)24(29)19-7-4-3-5-8-19)16-26-25(30)27-21-9-6-10-22(15-21)31-2/h3-12,14-15,17H,13,16H2,1-2H3,(H2,26,27,30). The predicted octanol–water partition coefficient (Wildman–Crippen LogP) is 5.32. The summed E-state index contributed by atoms with van der Waals surface area (Å²) in [7, 11) is 0. The summed E-state index contributed by atoms with van der Waals surface area (Å²) in [6.45, 7) is 2.44. The van der Waals surface area contributed by atoms with Gasteiger partial charge in [-0.25, -0.2) is 4.79 Å². The van der Waals surface area contributed by atoms with Crippen molar-refractivity contribution in [2.75, 3.05) is 16.5 Å². The van der Waals surface area contributed by atoms with Crippen molar-refractivity contribution in [3.8, 4) is 0 Å². The second-order valence-electron chi connectivity index (χ2n) is 7.60. The SMILES string of the molecule is CSc1cccc(NC(=O)NCc2ccc3c(c2)N(C(=O)c2ccccc2)C(C)C3)c1. The van der Waals surface area contributed by atoms with Gasteiger partial charge < -0.3 is 15.5 Å². The molecule has 3 aromatic carbocycles. The number of nitrogens with zero attached hydrogens (tertiary/aromatic N) is 1. The van der Waals surface area contributed by atoms with Gasteiger partial charge in [0, 0.05) is 34.4 Å². The van der Waals surface area contributed by atoms with Gasteiger partial charge in [-0.05, 0) is 67.1 Å². The first kappa shape index (κ1) is 21.0. The molecule has 0 saturated heterocycles. The average molecular weight is 432 g/mol. The summed E-state index contributed by atoms with van der Waals surface area (Å²) in [6.07, 6.45) is 2.83. The Morgan fingerprint density at radius 1 is 1.03 bits per heavy atom. The molecule has 0 aromatic heterocycles. The molecule has 3 aromatic rings. The van der Waals surface area contributed by atoms with Gasteiger partial charge in [-0.2, -0.15) is 0 Å². The maximum absolute atomic E-state index is 13.1. The maximum Gasteiger partial charge on any atom is 0.319 e. The molecule has 3 amide bonds. The van der Waals surface area contributed by atoms with E-state index in [-0.39, 0.29) is 18.0 Å². The van der Waals surface area contributed by atoms with Crippen LogP contribution in [0.15, 0.2) is 77.7 Å². The van der Waals surface area contributed by atoms with E-state index in [1.54, 1.807) is 11.8 Å². The molecule has 1 atom stereocenters. The van der Waals surface area contributed by atoms with Crippen LogP contribution in [0.2, 0.25) is 0 Å². The second kappa shape index (κ2) is 9.27. The van der Waals surface area contributed by atoms with E-state index >= 15 is 0 Å². The minimum atomic E-state index is -0.260. The number of thioether (sulfide) groups is 1. The molecule has 6 heteroatoms. The highest BCUT2D eigenvalue weighted by molar-refractivity contribution is 7.98. The smallest absolute Gasteiger partial charge is 0.319 e. The van der Waals surface area contributed by atoms with Crippen LogP contribution in [0.4, 0.5) is 16.2 Å². The minimum Gasteiger partial charge on any atom is -0.334 e. The van der Waals surface area contributed by atoms with Crippen LogP contribution in [0.1, 0.15) is 28.4 Å². The molecule has 0 aliphatic carbocycles. The van der Waals surface area contributed by atoms with E-state index < -0.39 is 0 Å². The molecule has 0 bridgehead atoms. The van der Waals surface area contributed by atoms with Crippen molar-refractivity contribution in [2.45, 2.75) is 30.8 Å². The van der Waals surface area contributed by atoms with Crippen molar-refractivity contribution >= 4 is 35.1 Å². The number of carbonyl (C=O) groups excluding carboxylic acids is 2. The Balaban J connectivity index is 1.45. The summed E-state index contributed by atoms with van der Waals surface area (Å²) in [5, 5.41) is 5.77. The summed E-state index contributed by atoms with van der Waals surface area (Å²) in [5.74, 6) is 0.00313. The van der Waals surface area contributed by atoms with Gasteiger partial charge in [0.15, 0.2) is 0 Å². The minimum absolute atomic E-state index is 0.00313. The Morgan fingerprint density at radius 2 is 1.84 bits per heavy atom. The van der Waals surface area contributed by atoms with E-state index in [0.29, 0.717) is 12.1 Å². The van der Waals surface area contributed by atoms with Crippen molar-refractivity contribution in [3.05, 3.63) is 89.5 Å². The number of hydrogen-bond donors (Lipinski definition) is 2.